The van der Waals surface area contributed by atoms with Crippen LogP contribution in [0.2, 0.25) is 5.02 Å². The lowest BCUT2D eigenvalue weighted by molar-refractivity contribution is -0.134. The van der Waals surface area contributed by atoms with E-state index in [1.54, 1.807) is 0 Å². The van der Waals surface area contributed by atoms with Gasteiger partial charge in [0.1, 0.15) is 22.0 Å². The first-order chi connectivity index (χ1) is 18.3. The smallest absolute Gasteiger partial charge is 0.286 e. The maximum atomic E-state index is 14.7. The molecule has 6 rings (SSSR count). The topological polar surface area (TPSA) is 145 Å². The molecular formula is C25H24ClFN4O6S2. The molecule has 4 aliphatic rings. The van der Waals surface area contributed by atoms with Gasteiger partial charge in [0.25, 0.3) is 15.9 Å². The lowest BCUT2D eigenvalue weighted by Gasteiger charge is -2.44. The van der Waals surface area contributed by atoms with Crippen molar-refractivity contribution in [2.45, 2.75) is 36.7 Å². The highest BCUT2D eigenvalue weighted by Gasteiger charge is 2.57. The van der Waals surface area contributed by atoms with E-state index in [1.165, 1.54) is 35.2 Å². The van der Waals surface area contributed by atoms with Gasteiger partial charge in [-0.15, -0.1) is 4.40 Å². The molecule has 3 N–H and O–H groups in total. The largest absolute Gasteiger partial charge is 0.511 e. The molecule has 2 aromatic rings. The number of nitrogens with zero attached hydrogens (tertiary/aromatic N) is 2. The first-order valence-electron chi connectivity index (χ1n) is 12.2. The van der Waals surface area contributed by atoms with E-state index in [0.717, 1.165) is 31.6 Å². The van der Waals surface area contributed by atoms with Crippen molar-refractivity contribution in [1.82, 2.24) is 4.90 Å². The summed E-state index contributed by atoms with van der Waals surface area (Å²) in [5.74, 6) is -1.98. The van der Waals surface area contributed by atoms with Gasteiger partial charge < -0.3 is 15.3 Å². The third kappa shape index (κ3) is 4.45. The molecule has 10 nitrogen and oxygen atoms in total. The maximum Gasteiger partial charge on any atom is 0.286 e. The van der Waals surface area contributed by atoms with Crippen LogP contribution in [0.25, 0.3) is 0 Å². The van der Waals surface area contributed by atoms with Crippen LogP contribution in [-0.4, -0.2) is 50.9 Å². The molecule has 2 bridgehead atoms. The number of nitrogens with one attached hydrogen (secondary N) is 2. The Hall–Kier alpha value is -3.16. The first kappa shape index (κ1) is 26.1. The van der Waals surface area contributed by atoms with Gasteiger partial charge in [-0.25, -0.2) is 12.8 Å². The van der Waals surface area contributed by atoms with E-state index in [0.29, 0.717) is 5.02 Å². The molecule has 2 saturated carbocycles. The summed E-state index contributed by atoms with van der Waals surface area (Å²) in [4.78, 5) is 15.2. The average Bonchev–Trinajstić information content (AvgIpc) is 3.45. The van der Waals surface area contributed by atoms with Gasteiger partial charge in [-0.1, -0.05) is 11.6 Å². The summed E-state index contributed by atoms with van der Waals surface area (Å²) in [6.07, 6.45) is 3.46. The van der Waals surface area contributed by atoms with E-state index in [4.69, 9.17) is 11.6 Å². The van der Waals surface area contributed by atoms with Gasteiger partial charge in [0.2, 0.25) is 10.0 Å². The predicted molar refractivity (Wildman–Crippen MR) is 143 cm³/mol. The lowest BCUT2D eigenvalue weighted by Crippen LogP contribution is -2.53. The third-order valence-electron chi connectivity index (χ3n) is 7.89. The molecule has 4 atom stereocenters. The second-order valence-electron chi connectivity index (χ2n) is 10.4. The molecule has 0 unspecified atom stereocenters. The Labute approximate surface area is 229 Å². The van der Waals surface area contributed by atoms with Gasteiger partial charge >= 0.3 is 0 Å². The van der Waals surface area contributed by atoms with Gasteiger partial charge in [-0.2, -0.15) is 8.42 Å². The van der Waals surface area contributed by atoms with Gasteiger partial charge in [0.15, 0.2) is 5.84 Å². The van der Waals surface area contributed by atoms with Crippen molar-refractivity contribution in [2.75, 3.05) is 16.3 Å². The van der Waals surface area contributed by atoms with E-state index < -0.39 is 37.7 Å². The lowest BCUT2D eigenvalue weighted by atomic mass is 9.77. The summed E-state index contributed by atoms with van der Waals surface area (Å²) in [6.45, 7) is -0.108. The Morgan fingerprint density at radius 1 is 1.21 bits per heavy atom. The molecule has 14 heteroatoms. The van der Waals surface area contributed by atoms with Crippen LogP contribution in [0.4, 0.5) is 15.8 Å². The van der Waals surface area contributed by atoms with Gasteiger partial charge in [-0.05, 0) is 67.5 Å². The highest BCUT2D eigenvalue weighted by molar-refractivity contribution is 7.92. The average molecular weight is 595 g/mol. The molecular weight excluding hydrogens is 571 g/mol. The molecule has 206 valence electrons. The zero-order chi connectivity index (χ0) is 27.9. The molecule has 0 saturated heterocycles. The number of sulfonamides is 2. The minimum atomic E-state index is -4.39. The van der Waals surface area contributed by atoms with E-state index in [-0.39, 0.29) is 63.4 Å². The van der Waals surface area contributed by atoms with Gasteiger partial charge in [0, 0.05) is 34.8 Å². The number of hydrogen-bond acceptors (Lipinski definition) is 7. The number of carbonyl (C=O) groups excluding carboxylic acids is 1. The van der Waals surface area contributed by atoms with Crippen molar-refractivity contribution in [3.8, 4) is 0 Å². The SMILES string of the molecule is CS(=O)(=O)Nc1ccc2c(c1)S(=O)(=O)N=C(C1=C(O)[C@@H]3[C@@H]4CC[C@@H](C4)[C@@H]3N(Cc3cc(Cl)ccc3F)C1=O)N2. The van der Waals surface area contributed by atoms with Crippen LogP contribution in [0, 0.1) is 23.6 Å². The van der Waals surface area contributed by atoms with Crippen LogP contribution in [-0.2, 0) is 31.4 Å². The summed E-state index contributed by atoms with van der Waals surface area (Å²) in [5, 5.41) is 14.5. The molecule has 2 aliphatic heterocycles. The molecule has 0 spiro atoms. The standard InChI is InChI=1S/C25H24ClFN4O6S2/c1-38(34,35)29-16-5-7-18-19(10-16)39(36,37)30-24(28-18)21-23(32)20-12-2-3-13(8-12)22(20)31(25(21)33)11-14-9-15(26)4-6-17(14)27/h4-7,9-10,12-13,20,22,29,32H,2-3,8,11H2,1H3,(H,28,30)/t12-,13+,20-,22+/m1/s1. The maximum absolute atomic E-state index is 14.7. The van der Waals surface area contributed by atoms with Crippen LogP contribution in [0.15, 0.2) is 57.0 Å². The number of fused-ring (bicyclic) bond motifs is 6. The third-order valence-corrected chi connectivity index (χ3v) is 10.0. The number of amides is 1. The fourth-order valence-corrected chi connectivity index (χ4v) is 8.34. The van der Waals surface area contributed by atoms with Crippen molar-refractivity contribution in [3.63, 3.8) is 0 Å². The quantitative estimate of drug-likeness (QED) is 0.479. The fraction of sp³-hybridized carbons (Fsp3) is 0.360. The number of amidine groups is 1. The van der Waals surface area contributed by atoms with Crippen molar-refractivity contribution in [3.05, 3.63) is 64.1 Å². The molecule has 1 amide bonds. The van der Waals surface area contributed by atoms with Gasteiger partial charge in [0.05, 0.1) is 11.9 Å². The zero-order valence-corrected chi connectivity index (χ0v) is 22.9. The van der Waals surface area contributed by atoms with Gasteiger partial charge in [-0.3, -0.25) is 9.52 Å². The molecule has 2 heterocycles. The Morgan fingerprint density at radius 2 is 1.95 bits per heavy atom. The van der Waals surface area contributed by atoms with Crippen molar-refractivity contribution >= 4 is 54.8 Å². The van der Waals surface area contributed by atoms with Crippen LogP contribution in [0.5, 0.6) is 0 Å². The number of hydrogen-bond donors (Lipinski definition) is 3. The highest BCUT2D eigenvalue weighted by Crippen LogP contribution is 2.55. The molecule has 39 heavy (non-hydrogen) atoms. The molecule has 0 radical (unpaired) electrons. The summed E-state index contributed by atoms with van der Waals surface area (Å²) in [6, 6.07) is 7.55. The summed E-state index contributed by atoms with van der Waals surface area (Å²) in [5.41, 5.74) is 0.0182. The summed E-state index contributed by atoms with van der Waals surface area (Å²) >= 11 is 6.09. The van der Waals surface area contributed by atoms with E-state index in [9.17, 15) is 31.1 Å². The van der Waals surface area contributed by atoms with E-state index >= 15 is 0 Å². The number of aliphatic hydroxyl groups excluding tert-OH is 1. The van der Waals surface area contributed by atoms with Crippen LogP contribution < -0.4 is 10.0 Å². The van der Waals surface area contributed by atoms with E-state index in [2.05, 4.69) is 14.4 Å². The van der Waals surface area contributed by atoms with Crippen LogP contribution >= 0.6 is 11.6 Å². The monoisotopic (exact) mass is 594 g/mol. The Kier molecular flexibility index (Phi) is 5.97. The highest BCUT2D eigenvalue weighted by atomic mass is 35.5. The Bertz CT molecular complexity index is 1710. The van der Waals surface area contributed by atoms with E-state index in [1.807, 2.05) is 0 Å². The summed E-state index contributed by atoms with van der Waals surface area (Å²) in [7, 11) is -8.05. The van der Waals surface area contributed by atoms with Crippen LogP contribution in [0.3, 0.4) is 0 Å². The second-order valence-corrected chi connectivity index (χ2v) is 14.2. The predicted octanol–water partition coefficient (Wildman–Crippen LogP) is 3.63. The fourth-order valence-electron chi connectivity index (χ4n) is 6.44. The zero-order valence-electron chi connectivity index (χ0n) is 20.6. The van der Waals surface area contributed by atoms with Crippen molar-refractivity contribution < 1.29 is 31.1 Å². The first-order valence-corrected chi connectivity index (χ1v) is 16.0. The number of aliphatic hydroxyl groups is 1. The number of carbonyl (C=O) groups is 1. The molecule has 2 aliphatic carbocycles. The number of anilines is 2. The second kappa shape index (κ2) is 8.93. The molecule has 2 fully saturated rings. The Morgan fingerprint density at radius 3 is 2.69 bits per heavy atom. The Balaban J connectivity index is 1.42. The minimum Gasteiger partial charge on any atom is -0.511 e. The van der Waals surface area contributed by atoms with Crippen molar-refractivity contribution in [2.24, 2.45) is 22.2 Å². The minimum absolute atomic E-state index is 0.0237. The molecule has 2 aromatic carbocycles. The number of halogens is 2. The van der Waals surface area contributed by atoms with Crippen LogP contribution in [0.1, 0.15) is 24.8 Å². The molecule has 0 aromatic heterocycles. The number of rotatable bonds is 5. The number of benzene rings is 2. The summed E-state index contributed by atoms with van der Waals surface area (Å²) < 4.78 is 70.3. The van der Waals surface area contributed by atoms with Crippen molar-refractivity contribution in [1.29, 1.82) is 0 Å². The normalized spacial score (nSPS) is 27.1.